The number of alkyl halides is 1. The first-order chi connectivity index (χ1) is 7.74. The summed E-state index contributed by atoms with van der Waals surface area (Å²) in [6, 6.07) is 4.70. The van der Waals surface area contributed by atoms with Gasteiger partial charge in [0.2, 0.25) is 0 Å². The minimum absolute atomic E-state index is 0.312. The van der Waals surface area contributed by atoms with Crippen molar-refractivity contribution in [2.24, 2.45) is 0 Å². The number of hydrogen-bond donors (Lipinski definition) is 0. The van der Waals surface area contributed by atoms with Crippen LogP contribution in [0.4, 0.5) is 4.39 Å². The normalized spacial score (nSPS) is 10.4. The van der Waals surface area contributed by atoms with E-state index < -0.39 is 0 Å². The highest BCUT2D eigenvalue weighted by atomic mass is 79.9. The van der Waals surface area contributed by atoms with E-state index in [0.29, 0.717) is 18.2 Å². The molecule has 0 radical (unpaired) electrons. The minimum atomic E-state index is -0.316. The lowest BCUT2D eigenvalue weighted by Crippen LogP contribution is -1.99. The maximum atomic E-state index is 13.2. The molecule has 4 heteroatoms. The fourth-order valence-corrected chi connectivity index (χ4v) is 1.85. The van der Waals surface area contributed by atoms with Crippen molar-refractivity contribution in [3.63, 3.8) is 0 Å². The lowest BCUT2D eigenvalue weighted by atomic mass is 10.2. The van der Waals surface area contributed by atoms with Gasteiger partial charge in [0.1, 0.15) is 0 Å². The molecule has 0 bridgehead atoms. The van der Waals surface area contributed by atoms with E-state index in [0.717, 1.165) is 30.2 Å². The molecule has 0 N–H and O–H groups in total. The predicted octanol–water partition coefficient (Wildman–Crippen LogP) is 4.77. The average Bonchev–Trinajstić information content (AvgIpc) is 2.28. The second kappa shape index (κ2) is 7.91. The molecule has 1 aromatic carbocycles. The van der Waals surface area contributed by atoms with Crippen molar-refractivity contribution in [2.45, 2.75) is 25.7 Å². The number of halogens is 3. The molecule has 0 aliphatic carbocycles. The molecule has 16 heavy (non-hydrogen) atoms. The van der Waals surface area contributed by atoms with Crippen molar-refractivity contribution in [3.8, 4) is 5.75 Å². The topological polar surface area (TPSA) is 9.23 Å². The summed E-state index contributed by atoms with van der Waals surface area (Å²) in [6.45, 7) is 0.551. The Balaban J connectivity index is 2.23. The van der Waals surface area contributed by atoms with Gasteiger partial charge in [0.05, 0.1) is 6.61 Å². The van der Waals surface area contributed by atoms with Crippen molar-refractivity contribution >= 4 is 27.5 Å². The SMILES string of the molecule is Fc1ccc(Br)cc1OCCCCCCCl. The Morgan fingerprint density at radius 2 is 1.94 bits per heavy atom. The standard InChI is InChI=1S/C12H15BrClFO/c13-10-5-6-11(15)12(9-10)16-8-4-2-1-3-7-14/h5-6,9H,1-4,7-8H2. The summed E-state index contributed by atoms with van der Waals surface area (Å²) in [5.41, 5.74) is 0. The van der Waals surface area contributed by atoms with E-state index in [2.05, 4.69) is 15.9 Å². The van der Waals surface area contributed by atoms with Gasteiger partial charge in [-0.2, -0.15) is 0 Å². The predicted molar refractivity (Wildman–Crippen MR) is 68.8 cm³/mol. The summed E-state index contributed by atoms with van der Waals surface area (Å²) >= 11 is 8.84. The second-order valence-corrected chi connectivity index (χ2v) is 4.82. The van der Waals surface area contributed by atoms with E-state index in [9.17, 15) is 4.39 Å². The van der Waals surface area contributed by atoms with Crippen molar-refractivity contribution in [3.05, 3.63) is 28.5 Å². The summed E-state index contributed by atoms with van der Waals surface area (Å²) in [4.78, 5) is 0. The maximum Gasteiger partial charge on any atom is 0.165 e. The first kappa shape index (κ1) is 13.8. The van der Waals surface area contributed by atoms with E-state index in [1.165, 1.54) is 6.07 Å². The van der Waals surface area contributed by atoms with Gasteiger partial charge in [-0.3, -0.25) is 0 Å². The van der Waals surface area contributed by atoms with E-state index in [4.69, 9.17) is 16.3 Å². The molecule has 0 spiro atoms. The lowest BCUT2D eigenvalue weighted by molar-refractivity contribution is 0.290. The van der Waals surface area contributed by atoms with Gasteiger partial charge in [-0.25, -0.2) is 4.39 Å². The molecule has 0 saturated heterocycles. The Bertz CT molecular complexity index is 320. The van der Waals surface area contributed by atoms with E-state index in [-0.39, 0.29) is 5.82 Å². The van der Waals surface area contributed by atoms with Crippen LogP contribution in [0, 0.1) is 5.82 Å². The molecule has 0 amide bonds. The highest BCUT2D eigenvalue weighted by Gasteiger charge is 2.03. The van der Waals surface area contributed by atoms with Gasteiger partial charge in [-0.15, -0.1) is 11.6 Å². The van der Waals surface area contributed by atoms with Crippen LogP contribution in [0.15, 0.2) is 22.7 Å². The Hall–Kier alpha value is -0.280. The molecular weight excluding hydrogens is 294 g/mol. The highest BCUT2D eigenvalue weighted by molar-refractivity contribution is 9.10. The van der Waals surface area contributed by atoms with Crippen LogP contribution in [0.2, 0.25) is 0 Å². The third-order valence-electron chi connectivity index (χ3n) is 2.18. The average molecular weight is 310 g/mol. The summed E-state index contributed by atoms with van der Waals surface area (Å²) < 4.78 is 19.4. The quantitative estimate of drug-likeness (QED) is 0.521. The van der Waals surface area contributed by atoms with Gasteiger partial charge in [-0.05, 0) is 31.0 Å². The fourth-order valence-electron chi connectivity index (χ4n) is 1.32. The van der Waals surface area contributed by atoms with Gasteiger partial charge in [0.15, 0.2) is 11.6 Å². The van der Waals surface area contributed by atoms with Gasteiger partial charge < -0.3 is 4.74 Å². The molecule has 1 aromatic rings. The van der Waals surface area contributed by atoms with Crippen LogP contribution in [0.5, 0.6) is 5.75 Å². The molecule has 0 heterocycles. The van der Waals surface area contributed by atoms with Crippen LogP contribution in [-0.4, -0.2) is 12.5 Å². The van der Waals surface area contributed by atoms with Crippen molar-refractivity contribution in [1.82, 2.24) is 0 Å². The van der Waals surface area contributed by atoms with Crippen LogP contribution in [0.25, 0.3) is 0 Å². The molecule has 0 unspecified atom stereocenters. The van der Waals surface area contributed by atoms with Crippen LogP contribution in [0.3, 0.4) is 0 Å². The van der Waals surface area contributed by atoms with Crippen LogP contribution in [0.1, 0.15) is 25.7 Å². The summed E-state index contributed by atoms with van der Waals surface area (Å²) in [5.74, 6) is 0.705. The lowest BCUT2D eigenvalue weighted by Gasteiger charge is -2.07. The van der Waals surface area contributed by atoms with Crippen LogP contribution < -0.4 is 4.74 Å². The third kappa shape index (κ3) is 5.17. The fraction of sp³-hybridized carbons (Fsp3) is 0.500. The number of hydrogen-bond acceptors (Lipinski definition) is 1. The number of unbranched alkanes of at least 4 members (excludes halogenated alkanes) is 3. The number of rotatable bonds is 7. The van der Waals surface area contributed by atoms with E-state index in [1.54, 1.807) is 12.1 Å². The van der Waals surface area contributed by atoms with Crippen molar-refractivity contribution in [1.29, 1.82) is 0 Å². The van der Waals surface area contributed by atoms with Crippen LogP contribution >= 0.6 is 27.5 Å². The van der Waals surface area contributed by atoms with Gasteiger partial charge >= 0.3 is 0 Å². The molecule has 90 valence electrons. The summed E-state index contributed by atoms with van der Waals surface area (Å²) in [7, 11) is 0. The number of ether oxygens (including phenoxy) is 1. The van der Waals surface area contributed by atoms with Crippen LogP contribution in [-0.2, 0) is 0 Å². The zero-order valence-electron chi connectivity index (χ0n) is 9.02. The van der Waals surface area contributed by atoms with Crippen molar-refractivity contribution in [2.75, 3.05) is 12.5 Å². The smallest absolute Gasteiger partial charge is 0.165 e. The monoisotopic (exact) mass is 308 g/mol. The molecule has 0 fully saturated rings. The molecule has 0 aliphatic heterocycles. The number of benzene rings is 1. The molecule has 0 atom stereocenters. The first-order valence-electron chi connectivity index (χ1n) is 5.38. The molecule has 0 aliphatic rings. The van der Waals surface area contributed by atoms with Gasteiger partial charge in [0, 0.05) is 10.4 Å². The summed E-state index contributed by atoms with van der Waals surface area (Å²) in [6.07, 6.45) is 4.14. The molecule has 1 rings (SSSR count). The summed E-state index contributed by atoms with van der Waals surface area (Å²) in [5, 5.41) is 0. The van der Waals surface area contributed by atoms with E-state index >= 15 is 0 Å². The van der Waals surface area contributed by atoms with Crippen molar-refractivity contribution < 1.29 is 9.13 Å². The Labute approximate surface area is 109 Å². The second-order valence-electron chi connectivity index (χ2n) is 3.53. The maximum absolute atomic E-state index is 13.2. The van der Waals surface area contributed by atoms with E-state index in [1.807, 2.05) is 0 Å². The molecule has 1 nitrogen and oxygen atoms in total. The Kier molecular flexibility index (Phi) is 6.81. The van der Waals surface area contributed by atoms with Gasteiger partial charge in [0.25, 0.3) is 0 Å². The minimum Gasteiger partial charge on any atom is -0.490 e. The molecule has 0 aromatic heterocycles. The zero-order valence-corrected chi connectivity index (χ0v) is 11.4. The Morgan fingerprint density at radius 3 is 2.69 bits per heavy atom. The molecular formula is C12H15BrClFO. The largest absolute Gasteiger partial charge is 0.490 e. The first-order valence-corrected chi connectivity index (χ1v) is 6.70. The third-order valence-corrected chi connectivity index (χ3v) is 2.94. The molecule has 0 saturated carbocycles. The highest BCUT2D eigenvalue weighted by Crippen LogP contribution is 2.22. The zero-order chi connectivity index (χ0) is 11.8. The Morgan fingerprint density at radius 1 is 1.19 bits per heavy atom. The van der Waals surface area contributed by atoms with Gasteiger partial charge in [-0.1, -0.05) is 28.8 Å².